The van der Waals surface area contributed by atoms with Gasteiger partial charge in [-0.05, 0) is 36.1 Å². The van der Waals surface area contributed by atoms with Crippen molar-refractivity contribution in [3.05, 3.63) is 71.5 Å². The highest BCUT2D eigenvalue weighted by Crippen LogP contribution is 2.44. The number of hydrogen-bond donors (Lipinski definition) is 3. The van der Waals surface area contributed by atoms with Crippen molar-refractivity contribution >= 4 is 23.7 Å². The number of nitrogens with zero attached hydrogens (tertiary/aromatic N) is 2. The number of rotatable bonds is 6. The summed E-state index contributed by atoms with van der Waals surface area (Å²) in [6.07, 6.45) is 0.570. The second kappa shape index (κ2) is 8.42. The first kappa shape index (κ1) is 22.1. The number of carboxylic acid groups (broad SMARTS) is 1. The van der Waals surface area contributed by atoms with E-state index in [4.69, 9.17) is 4.74 Å². The maximum Gasteiger partial charge on any atom is 0.411 e. The molecule has 3 aromatic rings. The van der Waals surface area contributed by atoms with Crippen molar-refractivity contribution in [2.75, 3.05) is 11.9 Å². The van der Waals surface area contributed by atoms with E-state index in [9.17, 15) is 19.5 Å². The number of aromatic nitrogens is 2. The third-order valence-corrected chi connectivity index (χ3v) is 5.69. The van der Waals surface area contributed by atoms with Gasteiger partial charge in [0, 0.05) is 13.0 Å². The van der Waals surface area contributed by atoms with Crippen LogP contribution in [0.15, 0.2) is 54.7 Å². The summed E-state index contributed by atoms with van der Waals surface area (Å²) in [4.78, 5) is 36.6. The van der Waals surface area contributed by atoms with Gasteiger partial charge in [0.05, 0.1) is 11.9 Å². The maximum atomic E-state index is 12.7. The summed E-state index contributed by atoms with van der Waals surface area (Å²) >= 11 is 0. The van der Waals surface area contributed by atoms with E-state index < -0.39 is 23.5 Å². The Kier molecular flexibility index (Phi) is 5.63. The quantitative estimate of drug-likeness (QED) is 0.531. The average molecular weight is 448 g/mol. The zero-order chi connectivity index (χ0) is 23.8. The smallest absolute Gasteiger partial charge is 0.411 e. The Hall–Kier alpha value is -4.14. The van der Waals surface area contributed by atoms with Crippen molar-refractivity contribution in [1.82, 2.24) is 15.1 Å². The SMILES string of the molecule is Cn1ncc(NC(=O)OCC2c3ccccc3-c3ccccc32)c1C(=O)NC(C)(C)C(=O)O. The number of nitrogens with one attached hydrogen (secondary N) is 2. The molecule has 2 aromatic carbocycles. The molecular formula is C24H24N4O5. The lowest BCUT2D eigenvalue weighted by Crippen LogP contribution is -2.50. The molecule has 33 heavy (non-hydrogen) atoms. The molecule has 2 amide bonds. The predicted molar refractivity (Wildman–Crippen MR) is 121 cm³/mol. The number of carboxylic acids is 1. The first-order valence-corrected chi connectivity index (χ1v) is 10.4. The summed E-state index contributed by atoms with van der Waals surface area (Å²) < 4.78 is 6.77. The van der Waals surface area contributed by atoms with Gasteiger partial charge in [0.15, 0.2) is 0 Å². The van der Waals surface area contributed by atoms with Crippen molar-refractivity contribution < 1.29 is 24.2 Å². The number of benzene rings is 2. The second-order valence-corrected chi connectivity index (χ2v) is 8.37. The molecule has 0 spiro atoms. The highest BCUT2D eigenvalue weighted by molar-refractivity contribution is 6.03. The zero-order valence-corrected chi connectivity index (χ0v) is 18.5. The highest BCUT2D eigenvalue weighted by atomic mass is 16.5. The van der Waals surface area contributed by atoms with E-state index in [1.54, 1.807) is 0 Å². The molecule has 1 aromatic heterocycles. The van der Waals surface area contributed by atoms with Crippen molar-refractivity contribution in [2.24, 2.45) is 7.05 Å². The van der Waals surface area contributed by atoms with E-state index in [0.29, 0.717) is 0 Å². The number of ether oxygens (including phenoxy) is 1. The second-order valence-electron chi connectivity index (χ2n) is 8.37. The minimum atomic E-state index is -1.50. The molecule has 3 N–H and O–H groups in total. The largest absolute Gasteiger partial charge is 0.480 e. The summed E-state index contributed by atoms with van der Waals surface area (Å²) in [5.74, 6) is -1.98. The van der Waals surface area contributed by atoms with Gasteiger partial charge in [-0.15, -0.1) is 0 Å². The van der Waals surface area contributed by atoms with Crippen molar-refractivity contribution in [3.63, 3.8) is 0 Å². The van der Waals surface area contributed by atoms with Crippen LogP contribution in [0.4, 0.5) is 10.5 Å². The monoisotopic (exact) mass is 448 g/mol. The molecule has 0 fully saturated rings. The Bertz CT molecular complexity index is 1200. The molecule has 4 rings (SSSR count). The third kappa shape index (κ3) is 4.17. The number of aliphatic carboxylic acids is 1. The lowest BCUT2D eigenvalue weighted by Gasteiger charge is -2.21. The van der Waals surface area contributed by atoms with Crippen molar-refractivity contribution in [3.8, 4) is 11.1 Å². The number of amides is 2. The summed E-state index contributed by atoms with van der Waals surface area (Å²) in [6, 6.07) is 16.0. The van der Waals surface area contributed by atoms with Gasteiger partial charge in [0.1, 0.15) is 17.8 Å². The number of anilines is 1. The fourth-order valence-corrected chi connectivity index (χ4v) is 3.94. The molecule has 9 heteroatoms. The number of fused-ring (bicyclic) bond motifs is 3. The average Bonchev–Trinajstić information content (AvgIpc) is 3.29. The van der Waals surface area contributed by atoms with Crippen LogP contribution in [0.3, 0.4) is 0 Å². The molecule has 1 aliphatic rings. The van der Waals surface area contributed by atoms with E-state index in [1.807, 2.05) is 48.5 Å². The molecule has 1 aliphatic carbocycles. The molecule has 170 valence electrons. The van der Waals surface area contributed by atoms with E-state index in [2.05, 4.69) is 15.7 Å². The summed E-state index contributed by atoms with van der Waals surface area (Å²) in [5, 5.41) is 18.2. The van der Waals surface area contributed by atoms with Gasteiger partial charge >= 0.3 is 12.1 Å². The van der Waals surface area contributed by atoms with Crippen LogP contribution >= 0.6 is 0 Å². The van der Waals surface area contributed by atoms with Crippen LogP contribution in [0.2, 0.25) is 0 Å². The Morgan fingerprint density at radius 1 is 1.06 bits per heavy atom. The predicted octanol–water partition coefficient (Wildman–Crippen LogP) is 3.37. The summed E-state index contributed by atoms with van der Waals surface area (Å²) in [6.45, 7) is 2.85. The Morgan fingerprint density at radius 2 is 1.64 bits per heavy atom. The lowest BCUT2D eigenvalue weighted by molar-refractivity contribution is -0.143. The molecule has 0 atom stereocenters. The first-order valence-electron chi connectivity index (χ1n) is 10.4. The number of aryl methyl sites for hydroxylation is 1. The topological polar surface area (TPSA) is 123 Å². The van der Waals surface area contributed by atoms with E-state index in [0.717, 1.165) is 22.3 Å². The fourth-order valence-electron chi connectivity index (χ4n) is 3.94. The van der Waals surface area contributed by atoms with Gasteiger partial charge < -0.3 is 15.2 Å². The molecule has 0 radical (unpaired) electrons. The van der Waals surface area contributed by atoms with Crippen LogP contribution in [0.25, 0.3) is 11.1 Å². The third-order valence-electron chi connectivity index (χ3n) is 5.69. The fraction of sp³-hybridized carbons (Fsp3) is 0.250. The molecule has 1 heterocycles. The van der Waals surface area contributed by atoms with Gasteiger partial charge in [-0.25, -0.2) is 9.59 Å². The summed E-state index contributed by atoms with van der Waals surface area (Å²) in [5.41, 5.74) is 3.05. The first-order chi connectivity index (χ1) is 15.7. The van der Waals surface area contributed by atoms with E-state index in [-0.39, 0.29) is 23.9 Å². The lowest BCUT2D eigenvalue weighted by atomic mass is 9.98. The van der Waals surface area contributed by atoms with Gasteiger partial charge in [-0.1, -0.05) is 48.5 Å². The highest BCUT2D eigenvalue weighted by Gasteiger charge is 2.32. The molecule has 0 unspecified atom stereocenters. The molecule has 9 nitrogen and oxygen atoms in total. The van der Waals surface area contributed by atoms with E-state index >= 15 is 0 Å². The van der Waals surface area contributed by atoms with Gasteiger partial charge in [0.25, 0.3) is 5.91 Å². The Labute approximate surface area is 190 Å². The normalized spacial score (nSPS) is 12.6. The van der Waals surface area contributed by atoms with Gasteiger partial charge in [-0.2, -0.15) is 5.10 Å². The number of carbonyl (C=O) groups is 3. The molecule has 0 saturated carbocycles. The summed E-state index contributed by atoms with van der Waals surface area (Å²) in [7, 11) is 1.52. The van der Waals surface area contributed by atoms with Crippen LogP contribution in [-0.2, 0) is 16.6 Å². The Balaban J connectivity index is 1.47. The minimum Gasteiger partial charge on any atom is -0.480 e. The van der Waals surface area contributed by atoms with Crippen LogP contribution < -0.4 is 10.6 Å². The van der Waals surface area contributed by atoms with Crippen molar-refractivity contribution in [2.45, 2.75) is 25.3 Å². The number of carbonyl (C=O) groups excluding carboxylic acids is 2. The minimum absolute atomic E-state index is 0.0119. The van der Waals surface area contributed by atoms with Crippen LogP contribution in [-0.4, -0.2) is 45.0 Å². The zero-order valence-electron chi connectivity index (χ0n) is 18.5. The van der Waals surface area contributed by atoms with Gasteiger partial charge in [-0.3, -0.25) is 14.8 Å². The Morgan fingerprint density at radius 3 is 2.21 bits per heavy atom. The molecular weight excluding hydrogens is 424 g/mol. The molecule has 0 saturated heterocycles. The molecule has 0 bridgehead atoms. The van der Waals surface area contributed by atoms with Gasteiger partial charge in [0.2, 0.25) is 0 Å². The maximum absolute atomic E-state index is 12.7. The number of hydrogen-bond acceptors (Lipinski definition) is 5. The van der Waals surface area contributed by atoms with Crippen LogP contribution in [0, 0.1) is 0 Å². The van der Waals surface area contributed by atoms with Crippen LogP contribution in [0.5, 0.6) is 0 Å². The standard InChI is InChI=1S/C24H24N4O5/c1-24(2,22(30)31)27-21(29)20-19(12-25-28(20)3)26-23(32)33-13-18-16-10-6-4-8-14(16)15-9-5-7-11-17(15)18/h4-12,18H,13H2,1-3H3,(H,26,32)(H,27,29)(H,30,31). The van der Waals surface area contributed by atoms with Crippen LogP contribution in [0.1, 0.15) is 41.4 Å². The van der Waals surface area contributed by atoms with E-state index in [1.165, 1.54) is 31.8 Å². The van der Waals surface area contributed by atoms with Crippen molar-refractivity contribution in [1.29, 1.82) is 0 Å². The molecule has 0 aliphatic heterocycles.